The molecule has 1 unspecified atom stereocenters. The number of aromatic nitrogens is 4. The Bertz CT molecular complexity index is 904. The zero-order valence-electron chi connectivity index (χ0n) is 14.5. The molecule has 1 N–H and O–H groups in total. The fraction of sp³-hybridized carbons (Fsp3) is 0.438. The summed E-state index contributed by atoms with van der Waals surface area (Å²) >= 11 is 1.31. The molecule has 0 fully saturated rings. The van der Waals surface area contributed by atoms with Gasteiger partial charge in [-0.05, 0) is 25.8 Å². The maximum absolute atomic E-state index is 12.1. The number of rotatable bonds is 6. The molecule has 0 aliphatic rings. The summed E-state index contributed by atoms with van der Waals surface area (Å²) in [5.41, 5.74) is 0.806. The van der Waals surface area contributed by atoms with Gasteiger partial charge in [-0.2, -0.15) is 4.98 Å². The highest BCUT2D eigenvalue weighted by Gasteiger charge is 2.22. The van der Waals surface area contributed by atoms with Gasteiger partial charge in [-0.3, -0.25) is 0 Å². The van der Waals surface area contributed by atoms with Crippen molar-refractivity contribution in [2.75, 3.05) is 11.9 Å². The van der Waals surface area contributed by atoms with Crippen LogP contribution in [0.4, 0.5) is 5.82 Å². The Hall–Kier alpha value is -2.55. The van der Waals surface area contributed by atoms with Crippen LogP contribution in [0.25, 0.3) is 10.2 Å². The smallest absolute Gasteiger partial charge is 0.348 e. The number of thiophene rings is 1. The second kappa shape index (κ2) is 7.14. The van der Waals surface area contributed by atoms with Crippen molar-refractivity contribution in [3.8, 4) is 0 Å². The zero-order valence-corrected chi connectivity index (χ0v) is 15.3. The Morgan fingerprint density at radius 3 is 2.80 bits per heavy atom. The van der Waals surface area contributed by atoms with E-state index in [1.807, 2.05) is 13.8 Å². The van der Waals surface area contributed by atoms with Crippen LogP contribution in [0.5, 0.6) is 0 Å². The van der Waals surface area contributed by atoms with Gasteiger partial charge in [-0.15, -0.1) is 11.3 Å². The molecule has 3 aromatic heterocycles. The van der Waals surface area contributed by atoms with Gasteiger partial charge in [-0.25, -0.2) is 14.8 Å². The lowest BCUT2D eigenvalue weighted by atomic mass is 10.1. The van der Waals surface area contributed by atoms with Crippen LogP contribution in [0.3, 0.4) is 0 Å². The van der Waals surface area contributed by atoms with Crippen molar-refractivity contribution in [2.45, 2.75) is 40.2 Å². The normalized spacial score (nSPS) is 12.3. The van der Waals surface area contributed by atoms with Crippen LogP contribution in [-0.2, 0) is 4.74 Å². The lowest BCUT2D eigenvalue weighted by Crippen LogP contribution is -2.13. The molecule has 8 nitrogen and oxygen atoms in total. The molecule has 0 saturated carbocycles. The first-order valence-electron chi connectivity index (χ1n) is 8.03. The Morgan fingerprint density at radius 2 is 2.16 bits per heavy atom. The molecule has 0 amide bonds. The quantitative estimate of drug-likeness (QED) is 0.666. The van der Waals surface area contributed by atoms with Crippen LogP contribution in [-0.4, -0.2) is 32.7 Å². The first kappa shape index (κ1) is 17.3. The van der Waals surface area contributed by atoms with Crippen LogP contribution in [0.2, 0.25) is 0 Å². The van der Waals surface area contributed by atoms with Crippen molar-refractivity contribution in [2.24, 2.45) is 0 Å². The Labute approximate surface area is 148 Å². The number of hydrogen-bond donors (Lipinski definition) is 1. The molecule has 0 radical (unpaired) electrons. The van der Waals surface area contributed by atoms with E-state index in [-0.39, 0.29) is 12.0 Å². The van der Waals surface area contributed by atoms with E-state index in [0.717, 1.165) is 22.2 Å². The maximum Gasteiger partial charge on any atom is 0.348 e. The predicted molar refractivity (Wildman–Crippen MR) is 93.8 cm³/mol. The monoisotopic (exact) mass is 361 g/mol. The molecule has 1 atom stereocenters. The highest BCUT2D eigenvalue weighted by atomic mass is 32.1. The topological polar surface area (TPSA) is 103 Å². The number of anilines is 1. The minimum Gasteiger partial charge on any atom is -0.462 e. The Balaban J connectivity index is 2.00. The van der Waals surface area contributed by atoms with E-state index in [1.165, 1.54) is 17.7 Å². The van der Waals surface area contributed by atoms with E-state index < -0.39 is 0 Å². The van der Waals surface area contributed by atoms with Crippen molar-refractivity contribution >= 4 is 33.3 Å². The fourth-order valence-corrected chi connectivity index (χ4v) is 3.59. The summed E-state index contributed by atoms with van der Waals surface area (Å²) in [6.45, 7) is 7.76. The van der Waals surface area contributed by atoms with E-state index >= 15 is 0 Å². The standard InChI is InChI=1S/C16H19N5O3S/c1-5-10(13-19-9(4)24-21-13)20-14-11-8(3)12(16(22)23-6-2)25-15(11)18-7-17-14/h7,10H,5-6H2,1-4H3,(H,17,18,20). The summed E-state index contributed by atoms with van der Waals surface area (Å²) in [7, 11) is 0. The summed E-state index contributed by atoms with van der Waals surface area (Å²) in [4.78, 5) is 26.3. The lowest BCUT2D eigenvalue weighted by Gasteiger charge is -2.14. The van der Waals surface area contributed by atoms with E-state index in [1.54, 1.807) is 13.8 Å². The number of carbonyl (C=O) groups is 1. The summed E-state index contributed by atoms with van der Waals surface area (Å²) in [6.07, 6.45) is 2.22. The van der Waals surface area contributed by atoms with E-state index in [0.29, 0.717) is 29.0 Å². The number of nitrogens with zero attached hydrogens (tertiary/aromatic N) is 4. The molecule has 0 bridgehead atoms. The molecule has 0 aromatic carbocycles. The number of fused-ring (bicyclic) bond motifs is 1. The van der Waals surface area contributed by atoms with Gasteiger partial charge in [0.05, 0.1) is 18.0 Å². The van der Waals surface area contributed by atoms with Crippen molar-refractivity contribution in [3.63, 3.8) is 0 Å². The highest BCUT2D eigenvalue weighted by molar-refractivity contribution is 7.20. The minimum atomic E-state index is -0.338. The highest BCUT2D eigenvalue weighted by Crippen LogP contribution is 2.35. The van der Waals surface area contributed by atoms with Crippen LogP contribution in [0.15, 0.2) is 10.9 Å². The molecular formula is C16H19N5O3S. The van der Waals surface area contributed by atoms with Gasteiger partial charge >= 0.3 is 5.97 Å². The molecular weight excluding hydrogens is 342 g/mol. The molecule has 3 aromatic rings. The molecule has 0 aliphatic heterocycles. The Morgan fingerprint density at radius 1 is 1.36 bits per heavy atom. The molecule has 9 heteroatoms. The van der Waals surface area contributed by atoms with E-state index in [4.69, 9.17) is 9.26 Å². The van der Waals surface area contributed by atoms with Crippen LogP contribution in [0.1, 0.15) is 53.3 Å². The van der Waals surface area contributed by atoms with Gasteiger partial charge < -0.3 is 14.6 Å². The van der Waals surface area contributed by atoms with E-state index in [9.17, 15) is 4.79 Å². The van der Waals surface area contributed by atoms with Crippen molar-refractivity contribution in [1.82, 2.24) is 20.1 Å². The first-order chi connectivity index (χ1) is 12.0. The largest absolute Gasteiger partial charge is 0.462 e. The molecule has 25 heavy (non-hydrogen) atoms. The van der Waals surface area contributed by atoms with Crippen molar-refractivity contribution in [3.05, 3.63) is 28.5 Å². The maximum atomic E-state index is 12.1. The van der Waals surface area contributed by atoms with Crippen LogP contribution >= 0.6 is 11.3 Å². The number of nitrogens with one attached hydrogen (secondary N) is 1. The first-order valence-corrected chi connectivity index (χ1v) is 8.84. The van der Waals surface area contributed by atoms with Gasteiger partial charge in [0, 0.05) is 6.92 Å². The molecule has 0 aliphatic carbocycles. The number of aryl methyl sites for hydroxylation is 2. The lowest BCUT2D eigenvalue weighted by molar-refractivity contribution is 0.0531. The SMILES string of the molecule is CCOC(=O)c1sc2ncnc(NC(CC)c3noc(C)n3)c2c1C. The molecule has 0 spiro atoms. The number of ether oxygens (including phenoxy) is 1. The number of carbonyl (C=O) groups excluding carboxylic acids is 1. The zero-order chi connectivity index (χ0) is 18.0. The molecule has 132 valence electrons. The third kappa shape index (κ3) is 3.32. The second-order valence-corrected chi connectivity index (χ2v) is 6.45. The molecule has 3 rings (SSSR count). The molecule has 0 saturated heterocycles. The van der Waals surface area contributed by atoms with E-state index in [2.05, 4.69) is 25.4 Å². The average Bonchev–Trinajstić information content (AvgIpc) is 3.17. The van der Waals surface area contributed by atoms with Crippen LogP contribution < -0.4 is 5.32 Å². The van der Waals surface area contributed by atoms with Crippen molar-refractivity contribution in [1.29, 1.82) is 0 Å². The number of esters is 1. The summed E-state index contributed by atoms with van der Waals surface area (Å²) in [5.74, 6) is 1.39. The number of hydrogen-bond acceptors (Lipinski definition) is 9. The second-order valence-electron chi connectivity index (χ2n) is 5.46. The van der Waals surface area contributed by atoms with Gasteiger partial charge in [0.1, 0.15) is 21.9 Å². The summed E-state index contributed by atoms with van der Waals surface area (Å²) in [6, 6.07) is -0.152. The Kier molecular flexibility index (Phi) is 4.93. The fourth-order valence-electron chi connectivity index (χ4n) is 2.54. The van der Waals surface area contributed by atoms with Gasteiger partial charge in [0.2, 0.25) is 5.89 Å². The third-order valence-corrected chi connectivity index (χ3v) is 4.94. The predicted octanol–water partition coefficient (Wildman–Crippen LogP) is 3.43. The minimum absolute atomic E-state index is 0.152. The van der Waals surface area contributed by atoms with Gasteiger partial charge in [0.25, 0.3) is 0 Å². The summed E-state index contributed by atoms with van der Waals surface area (Å²) in [5, 5.41) is 8.14. The third-order valence-electron chi connectivity index (χ3n) is 3.76. The van der Waals surface area contributed by atoms with Crippen molar-refractivity contribution < 1.29 is 14.1 Å². The summed E-state index contributed by atoms with van der Waals surface area (Å²) < 4.78 is 10.2. The van der Waals surface area contributed by atoms with Crippen LogP contribution in [0, 0.1) is 13.8 Å². The van der Waals surface area contributed by atoms with Gasteiger partial charge in [0.15, 0.2) is 5.82 Å². The molecule has 3 heterocycles. The van der Waals surface area contributed by atoms with Gasteiger partial charge in [-0.1, -0.05) is 12.1 Å². The average molecular weight is 361 g/mol.